The van der Waals surface area contributed by atoms with Crippen molar-refractivity contribution < 1.29 is 22.8 Å². The van der Waals surface area contributed by atoms with Crippen LogP contribution in [0.1, 0.15) is 42.5 Å². The zero-order valence-corrected chi connectivity index (χ0v) is 17.7. The molecule has 0 bridgehead atoms. The number of amides is 1. The Hall–Kier alpha value is -3.67. The maximum Gasteiger partial charge on any atom is 0.417 e. The summed E-state index contributed by atoms with van der Waals surface area (Å²) in [5.41, 5.74) is -0.304. The van der Waals surface area contributed by atoms with Gasteiger partial charge in [0.1, 0.15) is 5.54 Å². The van der Waals surface area contributed by atoms with Gasteiger partial charge in [-0.15, -0.1) is 0 Å². The van der Waals surface area contributed by atoms with Gasteiger partial charge in [0.05, 0.1) is 22.9 Å². The minimum absolute atomic E-state index is 0.184. The van der Waals surface area contributed by atoms with Gasteiger partial charge in [-0.2, -0.15) is 23.5 Å². The summed E-state index contributed by atoms with van der Waals surface area (Å²) in [4.78, 5) is 24.3. The van der Waals surface area contributed by atoms with Crippen LogP contribution in [-0.2, 0) is 22.2 Å². The van der Waals surface area contributed by atoms with Crippen LogP contribution < -0.4 is 5.32 Å². The number of halogens is 3. The molecule has 166 valence electrons. The topological polar surface area (TPSA) is 85.6 Å². The Balaban J connectivity index is 1.78. The standard InChI is InChI=1S/C23H21F3N4O2/c1-14(31)28-18-8-6-16(7-9-18)20-12-22(2,30(3)29-20)21(32)11-15-4-5-17(13-27)19(10-15)23(24,25)26/h4-10H,11-12H2,1-3H3,(H,28,31). The Kier molecular flexibility index (Phi) is 6.08. The lowest BCUT2D eigenvalue weighted by molar-refractivity contribution is -0.138. The third-order valence-corrected chi connectivity index (χ3v) is 5.51. The van der Waals surface area contributed by atoms with Gasteiger partial charge in [0.25, 0.3) is 0 Å². The van der Waals surface area contributed by atoms with Crippen LogP contribution in [0.15, 0.2) is 47.6 Å². The number of ketones is 1. The van der Waals surface area contributed by atoms with E-state index in [-0.39, 0.29) is 30.1 Å². The summed E-state index contributed by atoms with van der Waals surface area (Å²) in [5.74, 6) is -0.475. The van der Waals surface area contributed by atoms with Crippen LogP contribution in [0.5, 0.6) is 0 Å². The zero-order chi connectivity index (χ0) is 23.7. The van der Waals surface area contributed by atoms with Gasteiger partial charge >= 0.3 is 6.18 Å². The first-order valence-electron chi connectivity index (χ1n) is 9.77. The monoisotopic (exact) mass is 442 g/mol. The average molecular weight is 442 g/mol. The third kappa shape index (κ3) is 4.64. The number of nitrogens with one attached hydrogen (secondary N) is 1. The number of hydrogen-bond acceptors (Lipinski definition) is 5. The Morgan fingerprint density at radius 1 is 1.22 bits per heavy atom. The molecule has 6 nitrogen and oxygen atoms in total. The van der Waals surface area contributed by atoms with E-state index in [1.165, 1.54) is 24.1 Å². The number of carbonyl (C=O) groups excluding carboxylic acids is 2. The van der Waals surface area contributed by atoms with Crippen molar-refractivity contribution >= 4 is 23.1 Å². The largest absolute Gasteiger partial charge is 0.417 e. The minimum Gasteiger partial charge on any atom is -0.326 e. The average Bonchev–Trinajstić information content (AvgIpc) is 3.03. The van der Waals surface area contributed by atoms with E-state index in [1.807, 2.05) is 0 Å². The van der Waals surface area contributed by atoms with Gasteiger partial charge < -0.3 is 5.32 Å². The van der Waals surface area contributed by atoms with Gasteiger partial charge in [-0.25, -0.2) is 0 Å². The Morgan fingerprint density at radius 2 is 1.88 bits per heavy atom. The highest BCUT2D eigenvalue weighted by Gasteiger charge is 2.43. The van der Waals surface area contributed by atoms with Gasteiger partial charge in [0, 0.05) is 32.5 Å². The molecular weight excluding hydrogens is 421 g/mol. The van der Waals surface area contributed by atoms with Gasteiger partial charge in [-0.05, 0) is 42.3 Å². The van der Waals surface area contributed by atoms with E-state index in [0.29, 0.717) is 11.4 Å². The zero-order valence-electron chi connectivity index (χ0n) is 17.7. The van der Waals surface area contributed by atoms with Crippen molar-refractivity contribution in [2.45, 2.75) is 38.4 Å². The normalized spacial score (nSPS) is 18.2. The summed E-state index contributed by atoms with van der Waals surface area (Å²) in [6.07, 6.45) is -4.62. The molecule has 2 aromatic carbocycles. The highest BCUT2D eigenvalue weighted by atomic mass is 19.4. The third-order valence-electron chi connectivity index (χ3n) is 5.51. The van der Waals surface area contributed by atoms with Gasteiger partial charge in [-0.3, -0.25) is 14.6 Å². The number of hydrazone groups is 1. The SMILES string of the molecule is CC(=O)Nc1ccc(C2=NN(C)C(C)(C(=O)Cc3ccc(C#N)c(C(F)(F)F)c3)C2)cc1. The molecule has 3 rings (SSSR count). The predicted molar refractivity (Wildman–Crippen MR) is 113 cm³/mol. The second-order valence-corrected chi connectivity index (χ2v) is 7.87. The quantitative estimate of drug-likeness (QED) is 0.754. The molecular formula is C23H21F3N4O2. The fourth-order valence-corrected chi connectivity index (χ4v) is 3.56. The summed E-state index contributed by atoms with van der Waals surface area (Å²) < 4.78 is 39.7. The van der Waals surface area contributed by atoms with E-state index in [1.54, 1.807) is 38.2 Å². The number of hydrogen-bond donors (Lipinski definition) is 1. The van der Waals surface area contributed by atoms with Crippen LogP contribution in [-0.4, -0.2) is 35.0 Å². The highest BCUT2D eigenvalue weighted by Crippen LogP contribution is 2.34. The van der Waals surface area contributed by atoms with Gasteiger partial charge in [0.2, 0.25) is 5.91 Å². The molecule has 0 radical (unpaired) electrons. The smallest absolute Gasteiger partial charge is 0.326 e. The molecule has 9 heteroatoms. The summed E-state index contributed by atoms with van der Waals surface area (Å²) in [6, 6.07) is 11.9. The maximum atomic E-state index is 13.2. The maximum absolute atomic E-state index is 13.2. The number of Topliss-reactive ketones (excluding diaryl/α,β-unsaturated/α-hetero) is 1. The molecule has 32 heavy (non-hydrogen) atoms. The van der Waals surface area contributed by atoms with Crippen LogP contribution in [0.3, 0.4) is 0 Å². The molecule has 0 aliphatic carbocycles. The van der Waals surface area contributed by atoms with Crippen LogP contribution in [0.4, 0.5) is 18.9 Å². The molecule has 1 aliphatic rings. The second-order valence-electron chi connectivity index (χ2n) is 7.87. The number of carbonyl (C=O) groups is 2. The fourth-order valence-electron chi connectivity index (χ4n) is 3.56. The summed E-state index contributed by atoms with van der Waals surface area (Å²) in [5, 5.41) is 17.6. The fraction of sp³-hybridized carbons (Fsp3) is 0.304. The lowest BCUT2D eigenvalue weighted by atomic mass is 9.85. The molecule has 2 aromatic rings. The predicted octanol–water partition coefficient (Wildman–Crippen LogP) is 4.15. The van der Waals surface area contributed by atoms with E-state index in [4.69, 9.17) is 5.26 Å². The Morgan fingerprint density at radius 3 is 2.44 bits per heavy atom. The molecule has 0 saturated carbocycles. The number of likely N-dealkylation sites (N-methyl/N-ethyl adjacent to an activating group) is 1. The van der Waals surface area contributed by atoms with Crippen LogP contribution in [0.25, 0.3) is 0 Å². The van der Waals surface area contributed by atoms with Crippen LogP contribution in [0.2, 0.25) is 0 Å². The van der Waals surface area contributed by atoms with Crippen molar-refractivity contribution in [3.05, 3.63) is 64.7 Å². The number of nitriles is 1. The molecule has 1 aliphatic heterocycles. The Labute approximate surface area is 183 Å². The summed E-state index contributed by atoms with van der Waals surface area (Å²) in [7, 11) is 1.65. The van der Waals surface area contributed by atoms with Crippen molar-refractivity contribution in [1.29, 1.82) is 5.26 Å². The molecule has 0 saturated heterocycles. The molecule has 1 atom stereocenters. The number of benzene rings is 2. The number of rotatable bonds is 5. The number of anilines is 1. The van der Waals surface area contributed by atoms with Crippen molar-refractivity contribution in [2.75, 3.05) is 12.4 Å². The molecule has 1 N–H and O–H groups in total. The van der Waals surface area contributed by atoms with E-state index in [9.17, 15) is 22.8 Å². The lowest BCUT2D eigenvalue weighted by Gasteiger charge is -2.30. The molecule has 1 amide bonds. The molecule has 1 heterocycles. The number of nitrogens with zero attached hydrogens (tertiary/aromatic N) is 3. The first-order chi connectivity index (χ1) is 14.9. The summed E-state index contributed by atoms with van der Waals surface area (Å²) >= 11 is 0. The molecule has 0 aromatic heterocycles. The second kappa shape index (κ2) is 8.46. The first kappa shape index (κ1) is 23.0. The van der Waals surface area contributed by atoms with Crippen LogP contribution >= 0.6 is 0 Å². The van der Waals surface area contributed by atoms with E-state index in [2.05, 4.69) is 10.4 Å². The first-order valence-corrected chi connectivity index (χ1v) is 9.77. The Bertz CT molecular complexity index is 1130. The number of alkyl halides is 3. The van der Waals surface area contributed by atoms with Crippen molar-refractivity contribution in [3.63, 3.8) is 0 Å². The lowest BCUT2D eigenvalue weighted by Crippen LogP contribution is -2.46. The van der Waals surface area contributed by atoms with Gasteiger partial charge in [0.15, 0.2) is 5.78 Å². The molecule has 0 spiro atoms. The van der Waals surface area contributed by atoms with Crippen LogP contribution in [0, 0.1) is 11.3 Å². The minimum atomic E-state index is -4.68. The molecule has 1 unspecified atom stereocenters. The van der Waals surface area contributed by atoms with Gasteiger partial charge in [-0.1, -0.05) is 18.2 Å². The summed E-state index contributed by atoms with van der Waals surface area (Å²) in [6.45, 7) is 3.11. The van der Waals surface area contributed by atoms with E-state index < -0.39 is 22.8 Å². The highest BCUT2D eigenvalue weighted by molar-refractivity contribution is 6.07. The van der Waals surface area contributed by atoms with E-state index >= 15 is 0 Å². The van der Waals surface area contributed by atoms with Crippen molar-refractivity contribution in [2.24, 2.45) is 5.10 Å². The van der Waals surface area contributed by atoms with E-state index in [0.717, 1.165) is 17.7 Å². The van der Waals surface area contributed by atoms with Crippen molar-refractivity contribution in [3.8, 4) is 6.07 Å². The molecule has 0 fully saturated rings. The van der Waals surface area contributed by atoms with Crippen molar-refractivity contribution in [1.82, 2.24) is 5.01 Å².